The maximum atomic E-state index is 12.6. The first kappa shape index (κ1) is 15.1. The Bertz CT molecular complexity index is 556. The van der Waals surface area contributed by atoms with Gasteiger partial charge in [0.25, 0.3) is 11.8 Å². The van der Waals surface area contributed by atoms with Gasteiger partial charge in [-0.3, -0.25) is 9.59 Å². The Hall–Kier alpha value is -1.84. The quantitative estimate of drug-likeness (QED) is 0.842. The van der Waals surface area contributed by atoms with Crippen molar-refractivity contribution in [3.8, 4) is 0 Å². The Labute approximate surface area is 132 Å². The number of carbonyl (C=O) groups excluding carboxylic acids is 2. The van der Waals surface area contributed by atoms with Crippen LogP contribution < -0.4 is 0 Å². The summed E-state index contributed by atoms with van der Waals surface area (Å²) < 4.78 is 0. The number of nitrogens with zero attached hydrogens (tertiary/aromatic N) is 2. The van der Waals surface area contributed by atoms with Crippen LogP contribution in [0.15, 0.2) is 24.3 Å². The zero-order valence-corrected chi connectivity index (χ0v) is 13.3. The van der Waals surface area contributed by atoms with E-state index in [2.05, 4.69) is 6.92 Å². The van der Waals surface area contributed by atoms with Crippen molar-refractivity contribution in [2.24, 2.45) is 5.92 Å². The monoisotopic (exact) mass is 300 g/mol. The molecular formula is C18H24N2O2. The molecule has 22 heavy (non-hydrogen) atoms. The van der Waals surface area contributed by atoms with Gasteiger partial charge in [0.15, 0.2) is 0 Å². The molecule has 2 fully saturated rings. The molecule has 4 heteroatoms. The van der Waals surface area contributed by atoms with Crippen molar-refractivity contribution < 1.29 is 9.59 Å². The van der Waals surface area contributed by atoms with E-state index >= 15 is 0 Å². The molecule has 0 spiro atoms. The van der Waals surface area contributed by atoms with Gasteiger partial charge < -0.3 is 9.80 Å². The molecule has 118 valence electrons. The second-order valence-corrected chi connectivity index (χ2v) is 6.55. The normalized spacial score (nSPS) is 19.5. The van der Waals surface area contributed by atoms with Crippen molar-refractivity contribution in [3.63, 3.8) is 0 Å². The third-order valence-corrected chi connectivity index (χ3v) is 4.82. The number of likely N-dealkylation sites (tertiary alicyclic amines) is 2. The SMILES string of the molecule is CC1CCN(C(=O)c2cccc(C(=O)N3CCCC3)c2)CC1. The predicted molar refractivity (Wildman–Crippen MR) is 85.9 cm³/mol. The second kappa shape index (κ2) is 6.51. The highest BCUT2D eigenvalue weighted by Crippen LogP contribution is 2.19. The summed E-state index contributed by atoms with van der Waals surface area (Å²) in [6.07, 6.45) is 4.29. The largest absolute Gasteiger partial charge is 0.339 e. The Morgan fingerprint density at radius 1 is 0.909 bits per heavy atom. The first-order valence-electron chi connectivity index (χ1n) is 8.34. The smallest absolute Gasteiger partial charge is 0.253 e. The van der Waals surface area contributed by atoms with Gasteiger partial charge in [-0.25, -0.2) is 0 Å². The molecule has 1 aromatic rings. The van der Waals surface area contributed by atoms with Gasteiger partial charge >= 0.3 is 0 Å². The summed E-state index contributed by atoms with van der Waals surface area (Å²) in [5.41, 5.74) is 1.28. The van der Waals surface area contributed by atoms with E-state index in [1.54, 1.807) is 6.07 Å². The van der Waals surface area contributed by atoms with Gasteiger partial charge in [-0.1, -0.05) is 13.0 Å². The minimum absolute atomic E-state index is 0.0550. The Morgan fingerprint density at radius 3 is 1.95 bits per heavy atom. The van der Waals surface area contributed by atoms with E-state index in [9.17, 15) is 9.59 Å². The Kier molecular flexibility index (Phi) is 4.46. The minimum atomic E-state index is 0.0550. The zero-order valence-electron chi connectivity index (χ0n) is 13.3. The summed E-state index contributed by atoms with van der Waals surface area (Å²) >= 11 is 0. The fourth-order valence-corrected chi connectivity index (χ4v) is 3.28. The molecule has 4 nitrogen and oxygen atoms in total. The van der Waals surface area contributed by atoms with Crippen LogP contribution in [-0.4, -0.2) is 47.8 Å². The third kappa shape index (κ3) is 3.16. The number of rotatable bonds is 2. The maximum Gasteiger partial charge on any atom is 0.253 e. The molecule has 0 N–H and O–H groups in total. The number of hydrogen-bond acceptors (Lipinski definition) is 2. The van der Waals surface area contributed by atoms with Gasteiger partial charge in [0.05, 0.1) is 0 Å². The molecule has 2 heterocycles. The average molecular weight is 300 g/mol. The Morgan fingerprint density at radius 2 is 1.41 bits per heavy atom. The molecule has 2 aliphatic rings. The molecule has 1 aromatic carbocycles. The van der Waals surface area contributed by atoms with Crippen LogP contribution in [0, 0.1) is 5.92 Å². The van der Waals surface area contributed by atoms with E-state index in [1.165, 1.54) is 0 Å². The van der Waals surface area contributed by atoms with Gasteiger partial charge in [-0.15, -0.1) is 0 Å². The molecule has 0 unspecified atom stereocenters. The van der Waals surface area contributed by atoms with Crippen LogP contribution >= 0.6 is 0 Å². The van der Waals surface area contributed by atoms with E-state index in [0.717, 1.165) is 51.9 Å². The summed E-state index contributed by atoms with van der Waals surface area (Å²) in [7, 11) is 0. The van der Waals surface area contributed by atoms with E-state index in [-0.39, 0.29) is 11.8 Å². The molecule has 0 aliphatic carbocycles. The van der Waals surface area contributed by atoms with Gasteiger partial charge in [0.1, 0.15) is 0 Å². The van der Waals surface area contributed by atoms with Crippen LogP contribution in [0.1, 0.15) is 53.3 Å². The first-order valence-corrected chi connectivity index (χ1v) is 8.34. The van der Waals surface area contributed by atoms with E-state index in [4.69, 9.17) is 0 Å². The van der Waals surface area contributed by atoms with Crippen LogP contribution in [0.2, 0.25) is 0 Å². The molecule has 2 amide bonds. The van der Waals surface area contributed by atoms with E-state index < -0.39 is 0 Å². The molecule has 0 saturated carbocycles. The van der Waals surface area contributed by atoms with Crippen LogP contribution in [0.3, 0.4) is 0 Å². The predicted octanol–water partition coefficient (Wildman–Crippen LogP) is 2.79. The molecule has 0 radical (unpaired) electrons. The van der Waals surface area contributed by atoms with Crippen LogP contribution in [0.25, 0.3) is 0 Å². The molecular weight excluding hydrogens is 276 g/mol. The summed E-state index contributed by atoms with van der Waals surface area (Å²) in [5, 5.41) is 0. The number of piperidine rings is 1. The lowest BCUT2D eigenvalue weighted by molar-refractivity contribution is 0.0697. The second-order valence-electron chi connectivity index (χ2n) is 6.55. The van der Waals surface area contributed by atoms with Crippen molar-refractivity contribution in [1.29, 1.82) is 0 Å². The maximum absolute atomic E-state index is 12.6. The van der Waals surface area contributed by atoms with Crippen molar-refractivity contribution >= 4 is 11.8 Å². The lowest BCUT2D eigenvalue weighted by Crippen LogP contribution is -2.38. The van der Waals surface area contributed by atoms with Crippen LogP contribution in [0.5, 0.6) is 0 Å². The van der Waals surface area contributed by atoms with E-state index in [0.29, 0.717) is 17.0 Å². The standard InChI is InChI=1S/C18H24N2O2/c1-14-7-11-20(12-8-14)18(22)16-6-4-5-15(13-16)17(21)19-9-2-3-10-19/h4-6,13-14H,2-3,7-12H2,1H3. The van der Waals surface area contributed by atoms with Gasteiger partial charge in [0.2, 0.25) is 0 Å². The number of hydrogen-bond donors (Lipinski definition) is 0. The highest BCUT2D eigenvalue weighted by atomic mass is 16.2. The third-order valence-electron chi connectivity index (χ3n) is 4.82. The number of amides is 2. The summed E-state index contributed by atoms with van der Waals surface area (Å²) in [4.78, 5) is 28.8. The molecule has 0 bridgehead atoms. The number of carbonyl (C=O) groups is 2. The highest BCUT2D eigenvalue weighted by molar-refractivity contribution is 5.99. The molecule has 2 saturated heterocycles. The fourth-order valence-electron chi connectivity index (χ4n) is 3.28. The molecule has 0 atom stereocenters. The summed E-state index contributed by atoms with van der Waals surface area (Å²) in [5.74, 6) is 0.814. The van der Waals surface area contributed by atoms with Gasteiger partial charge in [0, 0.05) is 37.3 Å². The van der Waals surface area contributed by atoms with Gasteiger partial charge in [-0.05, 0) is 49.8 Å². The fraction of sp³-hybridized carbons (Fsp3) is 0.556. The molecule has 2 aliphatic heterocycles. The highest BCUT2D eigenvalue weighted by Gasteiger charge is 2.23. The van der Waals surface area contributed by atoms with Crippen LogP contribution in [0.4, 0.5) is 0 Å². The average Bonchev–Trinajstić information content (AvgIpc) is 3.09. The topological polar surface area (TPSA) is 40.6 Å². The van der Waals surface area contributed by atoms with Crippen LogP contribution in [-0.2, 0) is 0 Å². The first-order chi connectivity index (χ1) is 10.6. The zero-order chi connectivity index (χ0) is 15.5. The van der Waals surface area contributed by atoms with Crippen molar-refractivity contribution in [2.75, 3.05) is 26.2 Å². The van der Waals surface area contributed by atoms with Crippen molar-refractivity contribution in [3.05, 3.63) is 35.4 Å². The Balaban J connectivity index is 1.73. The van der Waals surface area contributed by atoms with Crippen molar-refractivity contribution in [2.45, 2.75) is 32.6 Å². The summed E-state index contributed by atoms with van der Waals surface area (Å²) in [6, 6.07) is 7.22. The minimum Gasteiger partial charge on any atom is -0.339 e. The lowest BCUT2D eigenvalue weighted by Gasteiger charge is -2.30. The number of benzene rings is 1. The summed E-state index contributed by atoms with van der Waals surface area (Å²) in [6.45, 7) is 5.55. The van der Waals surface area contributed by atoms with Gasteiger partial charge in [-0.2, -0.15) is 0 Å². The van der Waals surface area contributed by atoms with Crippen molar-refractivity contribution in [1.82, 2.24) is 9.80 Å². The molecule has 0 aromatic heterocycles. The molecule has 3 rings (SSSR count). The van der Waals surface area contributed by atoms with E-state index in [1.807, 2.05) is 28.0 Å². The lowest BCUT2D eigenvalue weighted by atomic mass is 9.98.